The summed E-state index contributed by atoms with van der Waals surface area (Å²) in [5.41, 5.74) is 1.93. The molecule has 0 spiro atoms. The molecule has 0 saturated heterocycles. The normalized spacial score (nSPS) is 10.1. The molecule has 0 atom stereocenters. The molecule has 0 heterocycles. The average molecular weight is 326 g/mol. The summed E-state index contributed by atoms with van der Waals surface area (Å²) in [5.74, 6) is 0.487. The van der Waals surface area contributed by atoms with Crippen molar-refractivity contribution in [2.75, 3.05) is 20.7 Å². The lowest BCUT2D eigenvalue weighted by Gasteiger charge is -2.18. The molecule has 0 aromatic heterocycles. The smallest absolute Gasteiger partial charge is 0.242 e. The minimum atomic E-state index is -0.160. The highest BCUT2D eigenvalue weighted by Gasteiger charge is 2.11. The molecule has 0 unspecified atom stereocenters. The standard InChI is InChI=1S/C19H22N2O3/c1-21(14-16-8-10-17(24-2)11-9-16)19(23)13-20-18(22)12-15-6-4-3-5-7-15/h3-11H,12-14H2,1-2H3,(H,20,22). The number of nitrogens with zero attached hydrogens (tertiary/aromatic N) is 1. The monoisotopic (exact) mass is 326 g/mol. The first-order valence-corrected chi connectivity index (χ1v) is 7.76. The molecule has 5 nitrogen and oxygen atoms in total. The summed E-state index contributed by atoms with van der Waals surface area (Å²) < 4.78 is 5.11. The SMILES string of the molecule is COc1ccc(CN(C)C(=O)CNC(=O)Cc2ccccc2)cc1. The molecule has 0 saturated carbocycles. The zero-order valence-corrected chi connectivity index (χ0v) is 14.0. The van der Waals surface area contributed by atoms with Gasteiger partial charge in [-0.1, -0.05) is 42.5 Å². The van der Waals surface area contributed by atoms with Crippen molar-refractivity contribution >= 4 is 11.8 Å². The molecular weight excluding hydrogens is 304 g/mol. The predicted octanol–water partition coefficient (Wildman–Crippen LogP) is 2.01. The maximum atomic E-state index is 12.1. The van der Waals surface area contributed by atoms with E-state index in [9.17, 15) is 9.59 Å². The molecule has 5 heteroatoms. The Morgan fingerprint density at radius 2 is 1.67 bits per heavy atom. The van der Waals surface area contributed by atoms with Gasteiger partial charge in [0.2, 0.25) is 11.8 Å². The topological polar surface area (TPSA) is 58.6 Å². The fourth-order valence-corrected chi connectivity index (χ4v) is 2.25. The molecule has 0 fully saturated rings. The van der Waals surface area contributed by atoms with Gasteiger partial charge in [-0.3, -0.25) is 9.59 Å². The van der Waals surface area contributed by atoms with Gasteiger partial charge in [0.05, 0.1) is 20.1 Å². The molecule has 0 radical (unpaired) electrons. The van der Waals surface area contributed by atoms with E-state index in [0.717, 1.165) is 16.9 Å². The number of carbonyl (C=O) groups excluding carboxylic acids is 2. The fraction of sp³-hybridized carbons (Fsp3) is 0.263. The van der Waals surface area contributed by atoms with E-state index in [0.29, 0.717) is 6.54 Å². The van der Waals surface area contributed by atoms with E-state index in [1.165, 1.54) is 0 Å². The van der Waals surface area contributed by atoms with Crippen molar-refractivity contribution in [1.29, 1.82) is 0 Å². The van der Waals surface area contributed by atoms with Gasteiger partial charge < -0.3 is 15.0 Å². The van der Waals surface area contributed by atoms with Gasteiger partial charge in [0, 0.05) is 13.6 Å². The number of hydrogen-bond donors (Lipinski definition) is 1. The molecule has 24 heavy (non-hydrogen) atoms. The number of nitrogens with one attached hydrogen (secondary N) is 1. The number of likely N-dealkylation sites (N-methyl/N-ethyl adjacent to an activating group) is 1. The Morgan fingerprint density at radius 1 is 1.00 bits per heavy atom. The molecule has 1 N–H and O–H groups in total. The highest BCUT2D eigenvalue weighted by atomic mass is 16.5. The quantitative estimate of drug-likeness (QED) is 0.847. The molecule has 2 rings (SSSR count). The first-order valence-electron chi connectivity index (χ1n) is 7.76. The summed E-state index contributed by atoms with van der Waals surface area (Å²) in [6.07, 6.45) is 0.274. The third kappa shape index (κ3) is 5.43. The Kier molecular flexibility index (Phi) is 6.37. The van der Waals surface area contributed by atoms with E-state index in [1.807, 2.05) is 54.6 Å². The number of hydrogen-bond acceptors (Lipinski definition) is 3. The van der Waals surface area contributed by atoms with Gasteiger partial charge in [0.15, 0.2) is 0 Å². The van der Waals surface area contributed by atoms with E-state index in [1.54, 1.807) is 19.1 Å². The van der Waals surface area contributed by atoms with Gasteiger partial charge in [-0.25, -0.2) is 0 Å². The van der Waals surface area contributed by atoms with Crippen LogP contribution in [0.1, 0.15) is 11.1 Å². The summed E-state index contributed by atoms with van der Waals surface area (Å²) >= 11 is 0. The van der Waals surface area contributed by atoms with Crippen LogP contribution >= 0.6 is 0 Å². The Labute approximate surface area is 142 Å². The first-order chi connectivity index (χ1) is 11.6. The van der Waals surface area contributed by atoms with Crippen molar-refractivity contribution in [3.05, 3.63) is 65.7 Å². The molecule has 2 aromatic rings. The van der Waals surface area contributed by atoms with Gasteiger partial charge >= 0.3 is 0 Å². The Balaban J connectivity index is 1.77. The van der Waals surface area contributed by atoms with Gasteiger partial charge in [0.1, 0.15) is 5.75 Å². The Morgan fingerprint density at radius 3 is 2.29 bits per heavy atom. The summed E-state index contributed by atoms with van der Waals surface area (Å²) in [4.78, 5) is 25.6. The maximum Gasteiger partial charge on any atom is 0.242 e. The lowest BCUT2D eigenvalue weighted by Crippen LogP contribution is -2.38. The number of rotatable bonds is 7. The summed E-state index contributed by atoms with van der Waals surface area (Å²) in [5, 5.41) is 2.67. The van der Waals surface area contributed by atoms with Crippen LogP contribution in [-0.4, -0.2) is 37.4 Å². The molecule has 2 aromatic carbocycles. The third-order valence-corrected chi connectivity index (χ3v) is 3.65. The summed E-state index contributed by atoms with van der Waals surface area (Å²) in [6, 6.07) is 17.0. The fourth-order valence-electron chi connectivity index (χ4n) is 2.25. The van der Waals surface area contributed by atoms with Crippen LogP contribution in [0, 0.1) is 0 Å². The second-order valence-electron chi connectivity index (χ2n) is 5.54. The highest BCUT2D eigenvalue weighted by Crippen LogP contribution is 2.12. The molecular formula is C19H22N2O3. The van der Waals surface area contributed by atoms with Crippen molar-refractivity contribution in [3.8, 4) is 5.75 Å². The van der Waals surface area contributed by atoms with Crippen LogP contribution in [0.15, 0.2) is 54.6 Å². The third-order valence-electron chi connectivity index (χ3n) is 3.65. The van der Waals surface area contributed by atoms with Crippen molar-refractivity contribution in [2.45, 2.75) is 13.0 Å². The number of benzene rings is 2. The number of ether oxygens (including phenoxy) is 1. The van der Waals surface area contributed by atoms with Crippen LogP contribution in [0.3, 0.4) is 0 Å². The first kappa shape index (κ1) is 17.5. The molecule has 0 aliphatic rings. The van der Waals surface area contributed by atoms with E-state index >= 15 is 0 Å². The van der Waals surface area contributed by atoms with Gasteiger partial charge in [-0.15, -0.1) is 0 Å². The van der Waals surface area contributed by atoms with Crippen molar-refractivity contribution in [3.63, 3.8) is 0 Å². The van der Waals surface area contributed by atoms with E-state index < -0.39 is 0 Å². The number of carbonyl (C=O) groups is 2. The number of methoxy groups -OCH3 is 1. The zero-order chi connectivity index (χ0) is 17.4. The van der Waals surface area contributed by atoms with Crippen molar-refractivity contribution in [2.24, 2.45) is 0 Å². The van der Waals surface area contributed by atoms with E-state index in [4.69, 9.17) is 4.74 Å². The molecule has 0 aliphatic heterocycles. The summed E-state index contributed by atoms with van der Waals surface area (Å²) in [6.45, 7) is 0.482. The Hall–Kier alpha value is -2.82. The second kappa shape index (κ2) is 8.72. The Bertz CT molecular complexity index is 669. The summed E-state index contributed by atoms with van der Waals surface area (Å²) in [7, 11) is 3.33. The van der Waals surface area contributed by atoms with Crippen molar-refractivity contribution in [1.82, 2.24) is 10.2 Å². The predicted molar refractivity (Wildman–Crippen MR) is 92.6 cm³/mol. The maximum absolute atomic E-state index is 12.1. The van der Waals surface area contributed by atoms with Gasteiger partial charge in [-0.05, 0) is 23.3 Å². The minimum Gasteiger partial charge on any atom is -0.497 e. The van der Waals surface area contributed by atoms with Crippen LogP contribution in [0.2, 0.25) is 0 Å². The van der Waals surface area contributed by atoms with Crippen LogP contribution < -0.4 is 10.1 Å². The lowest BCUT2D eigenvalue weighted by atomic mass is 10.1. The average Bonchev–Trinajstić information content (AvgIpc) is 2.61. The minimum absolute atomic E-state index is 0.00167. The number of amides is 2. The largest absolute Gasteiger partial charge is 0.497 e. The lowest BCUT2D eigenvalue weighted by molar-refractivity contribution is -0.132. The van der Waals surface area contributed by atoms with Crippen LogP contribution in [-0.2, 0) is 22.6 Å². The van der Waals surface area contributed by atoms with Gasteiger partial charge in [-0.2, -0.15) is 0 Å². The van der Waals surface area contributed by atoms with E-state index in [2.05, 4.69) is 5.32 Å². The van der Waals surface area contributed by atoms with Crippen molar-refractivity contribution < 1.29 is 14.3 Å². The zero-order valence-electron chi connectivity index (χ0n) is 14.0. The van der Waals surface area contributed by atoms with Crippen LogP contribution in [0.5, 0.6) is 5.75 Å². The molecule has 2 amide bonds. The second-order valence-corrected chi connectivity index (χ2v) is 5.54. The molecule has 0 aliphatic carbocycles. The molecule has 126 valence electrons. The van der Waals surface area contributed by atoms with Gasteiger partial charge in [0.25, 0.3) is 0 Å². The van der Waals surface area contributed by atoms with E-state index in [-0.39, 0.29) is 24.8 Å². The highest BCUT2D eigenvalue weighted by molar-refractivity contribution is 5.85. The molecule has 0 bridgehead atoms. The van der Waals surface area contributed by atoms with Crippen LogP contribution in [0.25, 0.3) is 0 Å². The van der Waals surface area contributed by atoms with Crippen LogP contribution in [0.4, 0.5) is 0 Å².